The van der Waals surface area contributed by atoms with Crippen molar-refractivity contribution in [2.75, 3.05) is 7.11 Å². The van der Waals surface area contributed by atoms with E-state index in [4.69, 9.17) is 9.57 Å². The number of methoxy groups -OCH3 is 1. The van der Waals surface area contributed by atoms with E-state index in [1.54, 1.807) is 24.3 Å². The van der Waals surface area contributed by atoms with Crippen LogP contribution in [0.15, 0.2) is 53.7 Å². The fourth-order valence-corrected chi connectivity index (χ4v) is 1.76. The summed E-state index contributed by atoms with van der Waals surface area (Å²) < 4.78 is 42.8. The zero-order valence-corrected chi connectivity index (χ0v) is 11.7. The van der Waals surface area contributed by atoms with Crippen molar-refractivity contribution < 1.29 is 22.7 Å². The van der Waals surface area contributed by atoms with Gasteiger partial charge in [0.15, 0.2) is 0 Å². The number of ether oxygens (including phenoxy) is 1. The molecule has 2 rings (SSSR count). The molecule has 0 saturated heterocycles. The van der Waals surface area contributed by atoms with Gasteiger partial charge in [0, 0.05) is 5.56 Å². The van der Waals surface area contributed by atoms with E-state index in [9.17, 15) is 13.2 Å². The van der Waals surface area contributed by atoms with Crippen molar-refractivity contribution in [1.29, 1.82) is 0 Å². The molecule has 2 aromatic carbocycles. The number of para-hydroxylation sites is 1. The van der Waals surface area contributed by atoms with Crippen molar-refractivity contribution in [3.05, 3.63) is 65.2 Å². The normalized spacial score (nSPS) is 11.6. The van der Waals surface area contributed by atoms with Crippen LogP contribution in [0.5, 0.6) is 5.75 Å². The van der Waals surface area contributed by atoms with Gasteiger partial charge in [-0.15, -0.1) is 0 Å². The molecule has 2 aromatic rings. The van der Waals surface area contributed by atoms with Crippen LogP contribution in [0.4, 0.5) is 13.2 Å². The number of nitrogens with zero attached hydrogens (tertiary/aromatic N) is 1. The average molecular weight is 308 g/mol. The molecule has 3 nitrogen and oxygen atoms in total. The van der Waals surface area contributed by atoms with Crippen molar-refractivity contribution >= 4 is 6.21 Å². The van der Waals surface area contributed by atoms with Gasteiger partial charge in [-0.05, 0) is 29.8 Å². The molecule has 22 heavy (non-hydrogen) atoms. The molecule has 0 aliphatic carbocycles. The number of hydrogen-bond acceptors (Lipinski definition) is 3. The monoisotopic (exact) mass is 308 g/mol. The van der Waals surface area contributed by atoms with Gasteiger partial charge >= 0.3 is 6.18 Å². The lowest BCUT2D eigenvalue weighted by Gasteiger charge is -2.08. The molecule has 0 spiro atoms. The summed E-state index contributed by atoms with van der Waals surface area (Å²) in [6, 6.07) is 12.0. The molecule has 6 heteroatoms. The van der Waals surface area contributed by atoms with Gasteiger partial charge in [0.05, 0.1) is 12.7 Å². The second-order valence-corrected chi connectivity index (χ2v) is 4.37. The van der Waals surface area contributed by atoms with E-state index < -0.39 is 11.7 Å². The van der Waals surface area contributed by atoms with Crippen LogP contribution in [0.25, 0.3) is 0 Å². The summed E-state index contributed by atoms with van der Waals surface area (Å²) in [4.78, 5) is 4.98. The Morgan fingerprint density at radius 2 is 1.86 bits per heavy atom. The summed E-state index contributed by atoms with van der Waals surface area (Å²) in [7, 11) is 1.52. The van der Waals surface area contributed by atoms with Crippen LogP contribution in [0, 0.1) is 0 Å². The van der Waals surface area contributed by atoms with Gasteiger partial charge in [-0.25, -0.2) is 0 Å². The minimum atomic E-state index is -4.37. The van der Waals surface area contributed by atoms with Gasteiger partial charge in [-0.3, -0.25) is 0 Å². The fourth-order valence-electron chi connectivity index (χ4n) is 1.76. The summed E-state index contributed by atoms with van der Waals surface area (Å²) >= 11 is 0. The molecule has 0 aliphatic heterocycles. The number of halogens is 3. The molecule has 0 bridgehead atoms. The van der Waals surface area contributed by atoms with Crippen LogP contribution >= 0.6 is 0 Å². The first-order valence-corrected chi connectivity index (χ1v) is 6.38. The highest BCUT2D eigenvalue weighted by Crippen LogP contribution is 2.29. The lowest BCUT2D eigenvalue weighted by atomic mass is 10.1. The van der Waals surface area contributed by atoms with E-state index in [0.717, 1.165) is 12.1 Å². The molecule has 0 heterocycles. The number of alkyl halides is 3. The minimum absolute atomic E-state index is 0.0773. The van der Waals surface area contributed by atoms with Gasteiger partial charge < -0.3 is 9.57 Å². The lowest BCUT2D eigenvalue weighted by molar-refractivity contribution is -0.137. The first-order chi connectivity index (χ1) is 10.5. The molecule has 1 radical (unpaired) electrons. The third kappa shape index (κ3) is 4.25. The van der Waals surface area contributed by atoms with Crippen molar-refractivity contribution in [2.24, 2.45) is 5.16 Å². The standard InChI is InChI=1S/C16H13F3NO2/c1-21-15-8-3-2-6-13(15)10-20-22-11-12-5-4-7-14(9-12)16(17,18)19/h2-9H,11H2,1H3. The Labute approximate surface area is 126 Å². The van der Waals surface area contributed by atoms with E-state index in [2.05, 4.69) is 11.4 Å². The van der Waals surface area contributed by atoms with E-state index in [0.29, 0.717) is 16.9 Å². The first-order valence-electron chi connectivity index (χ1n) is 6.38. The van der Waals surface area contributed by atoms with Crippen LogP contribution < -0.4 is 4.74 Å². The Morgan fingerprint density at radius 3 is 2.59 bits per heavy atom. The minimum Gasteiger partial charge on any atom is -0.496 e. The maximum Gasteiger partial charge on any atom is 0.416 e. The first kappa shape index (κ1) is 15.9. The third-order valence-electron chi connectivity index (χ3n) is 2.82. The van der Waals surface area contributed by atoms with Crippen molar-refractivity contribution in [3.63, 3.8) is 0 Å². The summed E-state index contributed by atoms with van der Waals surface area (Å²) in [6.07, 6.45) is -1.74. The molecule has 0 amide bonds. The van der Waals surface area contributed by atoms with E-state index >= 15 is 0 Å². The summed E-state index contributed by atoms with van der Waals surface area (Å²) in [5.74, 6) is 0.578. The highest BCUT2D eigenvalue weighted by Gasteiger charge is 2.30. The van der Waals surface area contributed by atoms with Gasteiger partial charge in [0.1, 0.15) is 18.6 Å². The Hall–Kier alpha value is -2.50. The SMILES string of the molecule is COc1ccccc1/[C]=N\OCc1cccc(C(F)(F)F)c1. The number of hydrogen-bond donors (Lipinski definition) is 0. The highest BCUT2D eigenvalue weighted by molar-refractivity contribution is 5.82. The predicted molar refractivity (Wildman–Crippen MR) is 75.8 cm³/mol. The smallest absolute Gasteiger partial charge is 0.416 e. The largest absolute Gasteiger partial charge is 0.496 e. The molecule has 0 saturated carbocycles. The molecule has 115 valence electrons. The second kappa shape index (κ2) is 6.98. The Kier molecular flexibility index (Phi) is 5.04. The quantitative estimate of drug-likeness (QED) is 0.614. The van der Waals surface area contributed by atoms with Crippen LogP contribution in [0.3, 0.4) is 0 Å². The Morgan fingerprint density at radius 1 is 1.09 bits per heavy atom. The fraction of sp³-hybridized carbons (Fsp3) is 0.188. The molecule has 0 unspecified atom stereocenters. The van der Waals surface area contributed by atoms with Gasteiger partial charge in [-0.2, -0.15) is 13.2 Å². The van der Waals surface area contributed by atoms with Crippen molar-refractivity contribution in [1.82, 2.24) is 0 Å². The summed E-state index contributed by atoms with van der Waals surface area (Å²) in [5.41, 5.74) is 0.251. The van der Waals surface area contributed by atoms with Crippen LogP contribution in [0.2, 0.25) is 0 Å². The molecular formula is C16H13F3NO2. The molecular weight excluding hydrogens is 295 g/mol. The summed E-state index contributed by atoms with van der Waals surface area (Å²) in [6.45, 7) is -0.0773. The lowest BCUT2D eigenvalue weighted by Crippen LogP contribution is -2.05. The van der Waals surface area contributed by atoms with Crippen LogP contribution in [0.1, 0.15) is 16.7 Å². The zero-order chi connectivity index (χ0) is 16.0. The van der Waals surface area contributed by atoms with E-state index in [1.807, 2.05) is 0 Å². The molecule has 0 atom stereocenters. The van der Waals surface area contributed by atoms with E-state index in [-0.39, 0.29) is 6.61 Å². The highest BCUT2D eigenvalue weighted by atomic mass is 19.4. The second-order valence-electron chi connectivity index (χ2n) is 4.37. The molecule has 0 fully saturated rings. The molecule has 0 N–H and O–H groups in total. The molecule has 0 aliphatic rings. The Bertz CT molecular complexity index is 654. The van der Waals surface area contributed by atoms with Crippen LogP contribution in [-0.4, -0.2) is 13.3 Å². The third-order valence-corrected chi connectivity index (χ3v) is 2.82. The van der Waals surface area contributed by atoms with Crippen molar-refractivity contribution in [3.8, 4) is 5.75 Å². The molecule has 0 aromatic heterocycles. The topological polar surface area (TPSA) is 30.8 Å². The van der Waals surface area contributed by atoms with Gasteiger partial charge in [0.25, 0.3) is 0 Å². The van der Waals surface area contributed by atoms with E-state index in [1.165, 1.54) is 19.2 Å². The Balaban J connectivity index is 1.98. The number of rotatable bonds is 5. The maximum absolute atomic E-state index is 12.6. The van der Waals surface area contributed by atoms with Gasteiger partial charge in [-0.1, -0.05) is 29.4 Å². The zero-order valence-electron chi connectivity index (χ0n) is 11.7. The average Bonchev–Trinajstić information content (AvgIpc) is 2.51. The predicted octanol–water partition coefficient (Wildman–Crippen LogP) is 4.14. The van der Waals surface area contributed by atoms with Crippen molar-refractivity contribution in [2.45, 2.75) is 12.8 Å². The van der Waals surface area contributed by atoms with Crippen LogP contribution in [-0.2, 0) is 17.6 Å². The van der Waals surface area contributed by atoms with Gasteiger partial charge in [0.2, 0.25) is 0 Å². The number of benzene rings is 2. The maximum atomic E-state index is 12.6. The summed E-state index contributed by atoms with van der Waals surface area (Å²) in [5, 5.41) is 3.63.